The molecule has 1 aromatic rings. The van der Waals surface area contributed by atoms with Crippen LogP contribution in [0.5, 0.6) is 0 Å². The number of nitrogens with two attached hydrogens (primary N) is 1. The molecule has 2 aliphatic rings. The largest absolute Gasteiger partial charge is 0.326 e. The third kappa shape index (κ3) is 1.77. The highest BCUT2D eigenvalue weighted by atomic mass is 14.5. The zero-order valence-electron chi connectivity index (χ0n) is 9.95. The lowest BCUT2D eigenvalue weighted by Gasteiger charge is -2.17. The summed E-state index contributed by atoms with van der Waals surface area (Å²) in [5.74, 6) is 0. The van der Waals surface area contributed by atoms with E-state index in [0.29, 0.717) is 6.54 Å². The summed E-state index contributed by atoms with van der Waals surface area (Å²) in [7, 11) is 0. The molecule has 0 aromatic heterocycles. The average molecular weight is 223 g/mol. The van der Waals surface area contributed by atoms with Crippen molar-refractivity contribution < 1.29 is 0 Å². The second-order valence-electron chi connectivity index (χ2n) is 4.64. The van der Waals surface area contributed by atoms with E-state index < -0.39 is 0 Å². The number of benzene rings is 1. The van der Waals surface area contributed by atoms with E-state index in [1.54, 1.807) is 0 Å². The van der Waals surface area contributed by atoms with Gasteiger partial charge in [0.25, 0.3) is 0 Å². The molecular weight excluding hydrogens is 206 g/mol. The normalized spacial score (nSPS) is 18.3. The highest BCUT2D eigenvalue weighted by Crippen LogP contribution is 2.40. The minimum atomic E-state index is 0.607. The van der Waals surface area contributed by atoms with Crippen LogP contribution in [0.2, 0.25) is 0 Å². The van der Waals surface area contributed by atoms with Gasteiger partial charge in [-0.15, -0.1) is 0 Å². The van der Waals surface area contributed by atoms with Gasteiger partial charge < -0.3 is 5.73 Å². The Morgan fingerprint density at radius 2 is 1.94 bits per heavy atom. The van der Waals surface area contributed by atoms with Gasteiger partial charge in [-0.05, 0) is 47.1 Å². The zero-order chi connectivity index (χ0) is 11.7. The summed E-state index contributed by atoms with van der Waals surface area (Å²) in [6.07, 6.45) is 10.6. The Morgan fingerprint density at radius 3 is 2.82 bits per heavy atom. The Balaban J connectivity index is 2.04. The van der Waals surface area contributed by atoms with Crippen LogP contribution in [0.1, 0.15) is 30.4 Å². The van der Waals surface area contributed by atoms with Crippen molar-refractivity contribution in [3.8, 4) is 0 Å². The number of rotatable bonds is 2. The molecular formula is C16H17N. The Bertz CT molecular complexity index is 532. The van der Waals surface area contributed by atoms with Gasteiger partial charge >= 0.3 is 0 Å². The number of hydrogen-bond acceptors (Lipinski definition) is 1. The van der Waals surface area contributed by atoms with Gasteiger partial charge in [0.1, 0.15) is 0 Å². The smallest absolute Gasteiger partial charge is 0.0184 e. The van der Waals surface area contributed by atoms with E-state index in [9.17, 15) is 0 Å². The molecule has 0 saturated heterocycles. The van der Waals surface area contributed by atoms with Crippen LogP contribution >= 0.6 is 0 Å². The summed E-state index contributed by atoms with van der Waals surface area (Å²) in [4.78, 5) is 0. The quantitative estimate of drug-likeness (QED) is 0.814. The van der Waals surface area contributed by atoms with Gasteiger partial charge in [0.2, 0.25) is 0 Å². The fourth-order valence-corrected chi connectivity index (χ4v) is 2.73. The maximum Gasteiger partial charge on any atom is 0.0184 e. The van der Waals surface area contributed by atoms with Crippen molar-refractivity contribution >= 4 is 5.57 Å². The monoisotopic (exact) mass is 223 g/mol. The molecule has 1 aromatic carbocycles. The number of hydrogen-bond donors (Lipinski definition) is 1. The summed E-state index contributed by atoms with van der Waals surface area (Å²) in [5, 5.41) is 0. The van der Waals surface area contributed by atoms with Crippen LogP contribution in [-0.4, -0.2) is 0 Å². The summed E-state index contributed by atoms with van der Waals surface area (Å²) in [5.41, 5.74) is 12.7. The van der Waals surface area contributed by atoms with Gasteiger partial charge in [0.15, 0.2) is 0 Å². The van der Waals surface area contributed by atoms with Gasteiger partial charge in [0.05, 0.1) is 0 Å². The number of allylic oxidation sites excluding steroid dienone is 6. The van der Waals surface area contributed by atoms with E-state index in [1.807, 2.05) is 0 Å². The van der Waals surface area contributed by atoms with Crippen LogP contribution in [0.15, 0.2) is 53.6 Å². The molecule has 2 N–H and O–H groups in total. The van der Waals surface area contributed by atoms with Crippen LogP contribution in [0.25, 0.3) is 5.57 Å². The van der Waals surface area contributed by atoms with Crippen molar-refractivity contribution in [1.82, 2.24) is 0 Å². The molecule has 0 unspecified atom stereocenters. The molecule has 2 aliphatic carbocycles. The fraction of sp³-hybridized carbons (Fsp3) is 0.250. The Labute approximate surface area is 102 Å². The molecule has 0 atom stereocenters. The minimum absolute atomic E-state index is 0.607. The van der Waals surface area contributed by atoms with E-state index in [1.165, 1.54) is 47.1 Å². The lowest BCUT2D eigenvalue weighted by atomic mass is 9.88. The second-order valence-corrected chi connectivity index (χ2v) is 4.64. The van der Waals surface area contributed by atoms with E-state index in [2.05, 4.69) is 42.5 Å². The van der Waals surface area contributed by atoms with Crippen molar-refractivity contribution in [2.24, 2.45) is 5.73 Å². The van der Waals surface area contributed by atoms with E-state index in [4.69, 9.17) is 5.73 Å². The molecule has 3 rings (SSSR count). The Hall–Kier alpha value is -1.60. The van der Waals surface area contributed by atoms with Crippen LogP contribution in [-0.2, 0) is 6.54 Å². The van der Waals surface area contributed by atoms with Crippen molar-refractivity contribution in [1.29, 1.82) is 0 Å². The van der Waals surface area contributed by atoms with Gasteiger partial charge in [-0.3, -0.25) is 0 Å². The summed E-state index contributed by atoms with van der Waals surface area (Å²) >= 11 is 0. The molecule has 86 valence electrons. The zero-order valence-corrected chi connectivity index (χ0v) is 9.95. The lowest BCUT2D eigenvalue weighted by molar-refractivity contribution is 0.813. The second kappa shape index (κ2) is 4.34. The van der Waals surface area contributed by atoms with Gasteiger partial charge in [0, 0.05) is 6.54 Å². The van der Waals surface area contributed by atoms with Crippen LogP contribution in [0, 0.1) is 0 Å². The maximum absolute atomic E-state index is 5.82. The third-order valence-corrected chi connectivity index (χ3v) is 3.61. The first-order valence-electron chi connectivity index (χ1n) is 6.30. The highest BCUT2D eigenvalue weighted by Gasteiger charge is 2.20. The summed E-state index contributed by atoms with van der Waals surface area (Å²) < 4.78 is 0. The Kier molecular flexibility index (Phi) is 2.69. The van der Waals surface area contributed by atoms with Gasteiger partial charge in [-0.1, -0.05) is 42.5 Å². The molecule has 1 nitrogen and oxygen atoms in total. The first-order valence-corrected chi connectivity index (χ1v) is 6.30. The molecule has 17 heavy (non-hydrogen) atoms. The van der Waals surface area contributed by atoms with Crippen molar-refractivity contribution in [3.05, 3.63) is 64.8 Å². The molecule has 0 fully saturated rings. The SMILES string of the molecule is NCc1ccccc1C1=CC=C2CCCC=C21. The van der Waals surface area contributed by atoms with Crippen molar-refractivity contribution in [3.63, 3.8) is 0 Å². The van der Waals surface area contributed by atoms with E-state index >= 15 is 0 Å². The minimum Gasteiger partial charge on any atom is -0.326 e. The Morgan fingerprint density at radius 1 is 1.06 bits per heavy atom. The predicted octanol–water partition coefficient (Wildman–Crippen LogP) is 3.58. The van der Waals surface area contributed by atoms with Gasteiger partial charge in [-0.2, -0.15) is 0 Å². The third-order valence-electron chi connectivity index (χ3n) is 3.61. The fourth-order valence-electron chi connectivity index (χ4n) is 2.73. The molecule has 0 spiro atoms. The first kappa shape index (κ1) is 10.5. The van der Waals surface area contributed by atoms with E-state index in [-0.39, 0.29) is 0 Å². The first-order chi connectivity index (χ1) is 8.40. The molecule has 0 heterocycles. The summed E-state index contributed by atoms with van der Waals surface area (Å²) in [6, 6.07) is 8.46. The molecule has 0 aliphatic heterocycles. The lowest BCUT2D eigenvalue weighted by Crippen LogP contribution is -2.02. The van der Waals surface area contributed by atoms with Crippen molar-refractivity contribution in [2.75, 3.05) is 0 Å². The summed E-state index contributed by atoms with van der Waals surface area (Å²) in [6.45, 7) is 0.607. The number of fused-ring (bicyclic) bond motifs is 1. The predicted molar refractivity (Wildman–Crippen MR) is 72.3 cm³/mol. The van der Waals surface area contributed by atoms with E-state index in [0.717, 1.165) is 0 Å². The molecule has 0 saturated carbocycles. The van der Waals surface area contributed by atoms with Gasteiger partial charge in [-0.25, -0.2) is 0 Å². The van der Waals surface area contributed by atoms with Crippen molar-refractivity contribution in [2.45, 2.75) is 25.8 Å². The van der Waals surface area contributed by atoms with Crippen LogP contribution < -0.4 is 5.73 Å². The topological polar surface area (TPSA) is 26.0 Å². The van der Waals surface area contributed by atoms with Crippen LogP contribution in [0.3, 0.4) is 0 Å². The maximum atomic E-state index is 5.82. The molecule has 1 heteroatoms. The molecule has 0 radical (unpaired) electrons. The molecule has 0 amide bonds. The standard InChI is InChI=1S/C16H17N/c17-11-13-6-2-4-8-15(13)16-10-9-12-5-1-3-7-14(12)16/h2,4,6-10H,1,3,5,11,17H2. The van der Waals surface area contributed by atoms with Crippen LogP contribution in [0.4, 0.5) is 0 Å². The molecule has 0 bridgehead atoms. The average Bonchev–Trinajstić information content (AvgIpc) is 2.82. The highest BCUT2D eigenvalue weighted by molar-refractivity contribution is 5.89.